The second kappa shape index (κ2) is 17.5. The quantitative estimate of drug-likeness (QED) is 0.307. The van der Waals surface area contributed by atoms with Gasteiger partial charge in [0.1, 0.15) is 17.1 Å². The lowest BCUT2D eigenvalue weighted by Gasteiger charge is -2.15. The van der Waals surface area contributed by atoms with Gasteiger partial charge in [-0.1, -0.05) is 40.7 Å². The first-order valence-corrected chi connectivity index (χ1v) is 12.6. The van der Waals surface area contributed by atoms with Crippen LogP contribution in [0.15, 0.2) is 39.7 Å². The number of methoxy groups -OCH3 is 1. The van der Waals surface area contributed by atoms with Crippen LogP contribution in [0.5, 0.6) is 5.75 Å². The van der Waals surface area contributed by atoms with Crippen molar-refractivity contribution in [2.24, 2.45) is 11.8 Å². The fraction of sp³-hybridized carbons (Fsp3) is 0.519. The number of carbonyl (C=O) groups is 2. The summed E-state index contributed by atoms with van der Waals surface area (Å²) in [5.41, 5.74) is -0.993. The van der Waals surface area contributed by atoms with E-state index >= 15 is 0 Å². The van der Waals surface area contributed by atoms with E-state index in [0.29, 0.717) is 12.2 Å². The van der Waals surface area contributed by atoms with E-state index < -0.39 is 5.63 Å². The van der Waals surface area contributed by atoms with Gasteiger partial charge in [0.05, 0.1) is 7.11 Å². The molecule has 0 bridgehead atoms. The van der Waals surface area contributed by atoms with Gasteiger partial charge in [-0.2, -0.15) is 0 Å². The first-order valence-electron chi connectivity index (χ1n) is 11.8. The van der Waals surface area contributed by atoms with Gasteiger partial charge < -0.3 is 19.6 Å². The van der Waals surface area contributed by atoms with Gasteiger partial charge in [-0.3, -0.25) is 9.59 Å². The van der Waals surface area contributed by atoms with E-state index in [4.69, 9.17) is 9.21 Å². The van der Waals surface area contributed by atoms with Crippen molar-refractivity contribution >= 4 is 23.6 Å². The molecule has 8 heteroatoms. The highest BCUT2D eigenvalue weighted by molar-refractivity contribution is 7.11. The summed E-state index contributed by atoms with van der Waals surface area (Å²) in [5.74, 6) is -0.549. The zero-order valence-corrected chi connectivity index (χ0v) is 23.0. The molecule has 0 spiro atoms. The van der Waals surface area contributed by atoms with Crippen molar-refractivity contribution < 1.29 is 23.8 Å². The summed E-state index contributed by atoms with van der Waals surface area (Å²) in [7, 11) is 3.14. The van der Waals surface area contributed by atoms with Gasteiger partial charge in [-0.15, -0.1) is 11.3 Å². The summed E-state index contributed by atoms with van der Waals surface area (Å²) in [6.45, 7) is 12.2. The number of thiophene rings is 1. The highest BCUT2D eigenvalue weighted by Gasteiger charge is 2.26. The molecule has 2 rings (SSSR count). The molecular formula is C27H41NO6S. The predicted octanol–water partition coefficient (Wildman–Crippen LogP) is 5.85. The minimum Gasteiger partial charge on any atom is -0.507 e. The standard InChI is InChI=1S/C18H27NO4.C7H10S.C2H4O2/c1-11(2)13(4)17(21)16-14(20)10-15(23-18(16)22)12(3)8-6-7-9-19-5;1-3-7-5-4-6(2)8-7;1-4-2-3/h7,9-13,19-20H,6,8H2,1-5H3;4-5H,3H2,1-2H3;2H,1H3/b9-7+;;. The molecule has 0 radical (unpaired) electrons. The number of Topliss-reactive ketones (excluding diaryl/α,β-unsaturated/α-hetero) is 1. The molecule has 2 aromatic rings. The SMILES string of the molecule is CCc1ccc(C)s1.CN/C=C/CCC(C)c1cc(O)c(C(=O)C(C)C(C)C)c(=O)o1.COC=O. The van der Waals surface area contributed by atoms with Gasteiger partial charge in [0.15, 0.2) is 5.78 Å². The van der Waals surface area contributed by atoms with E-state index in [1.165, 1.54) is 29.4 Å². The molecule has 0 aliphatic heterocycles. The lowest BCUT2D eigenvalue weighted by Crippen LogP contribution is -2.24. The highest BCUT2D eigenvalue weighted by atomic mass is 32.1. The Morgan fingerprint density at radius 2 is 1.89 bits per heavy atom. The number of ether oxygens (including phenoxy) is 1. The predicted molar refractivity (Wildman–Crippen MR) is 142 cm³/mol. The van der Waals surface area contributed by atoms with Crippen molar-refractivity contribution in [1.29, 1.82) is 0 Å². The average molecular weight is 508 g/mol. The highest BCUT2D eigenvalue weighted by Crippen LogP contribution is 2.27. The number of aryl methyl sites for hydroxylation is 2. The maximum Gasteiger partial charge on any atom is 0.350 e. The Bertz CT molecular complexity index is 976. The number of ketones is 1. The Morgan fingerprint density at radius 1 is 1.26 bits per heavy atom. The molecule has 0 fully saturated rings. The summed E-state index contributed by atoms with van der Waals surface area (Å²) in [6.07, 6.45) is 6.60. The minimum atomic E-state index is -0.755. The van der Waals surface area contributed by atoms with E-state index in [1.54, 1.807) is 6.92 Å². The summed E-state index contributed by atoms with van der Waals surface area (Å²) in [5, 5.41) is 13.0. The third-order valence-electron chi connectivity index (χ3n) is 5.39. The van der Waals surface area contributed by atoms with Crippen LogP contribution in [-0.4, -0.2) is 31.5 Å². The zero-order chi connectivity index (χ0) is 27.0. The Hall–Kier alpha value is -2.87. The molecular weight excluding hydrogens is 466 g/mol. The minimum absolute atomic E-state index is 0.0261. The lowest BCUT2D eigenvalue weighted by molar-refractivity contribution is -0.126. The number of nitrogens with one attached hydrogen (secondary N) is 1. The topological polar surface area (TPSA) is 106 Å². The van der Waals surface area contributed by atoms with Gasteiger partial charge in [0, 0.05) is 34.7 Å². The molecule has 196 valence electrons. The smallest absolute Gasteiger partial charge is 0.350 e. The van der Waals surface area contributed by atoms with Gasteiger partial charge >= 0.3 is 5.63 Å². The van der Waals surface area contributed by atoms with E-state index in [2.05, 4.69) is 36.0 Å². The maximum atomic E-state index is 12.3. The number of allylic oxidation sites excluding steroid dienone is 1. The molecule has 0 aliphatic rings. The molecule has 0 aromatic carbocycles. The molecule has 2 unspecified atom stereocenters. The second-order valence-corrected chi connectivity index (χ2v) is 9.83. The maximum absolute atomic E-state index is 12.3. The first kappa shape index (κ1) is 32.1. The normalized spacial score (nSPS) is 12.1. The number of rotatable bonds is 10. The molecule has 0 aliphatic carbocycles. The molecule has 0 amide bonds. The van der Waals surface area contributed by atoms with Gasteiger partial charge in [0.2, 0.25) is 0 Å². The van der Waals surface area contributed by atoms with Crippen LogP contribution in [0.4, 0.5) is 0 Å². The summed E-state index contributed by atoms with van der Waals surface area (Å²) < 4.78 is 9.14. The third-order valence-corrected chi connectivity index (χ3v) is 6.53. The van der Waals surface area contributed by atoms with Crippen molar-refractivity contribution in [3.8, 4) is 5.75 Å². The molecule has 2 N–H and O–H groups in total. The van der Waals surface area contributed by atoms with Crippen molar-refractivity contribution in [3.63, 3.8) is 0 Å². The number of hydrogen-bond donors (Lipinski definition) is 2. The van der Waals surface area contributed by atoms with Crippen molar-refractivity contribution in [3.05, 3.63) is 62.0 Å². The fourth-order valence-corrected chi connectivity index (χ4v) is 3.69. The van der Waals surface area contributed by atoms with E-state index in [1.807, 2.05) is 51.4 Å². The molecule has 0 saturated heterocycles. The number of aromatic hydroxyl groups is 1. The lowest BCUT2D eigenvalue weighted by atomic mass is 9.90. The van der Waals surface area contributed by atoms with Crippen molar-refractivity contribution in [1.82, 2.24) is 5.32 Å². The van der Waals surface area contributed by atoms with Crippen LogP contribution < -0.4 is 10.9 Å². The molecule has 35 heavy (non-hydrogen) atoms. The van der Waals surface area contributed by atoms with Crippen LogP contribution in [-0.2, 0) is 16.0 Å². The number of carbonyl (C=O) groups excluding carboxylic acids is 2. The Balaban J connectivity index is 0.000000785. The van der Waals surface area contributed by atoms with Crippen LogP contribution in [0.3, 0.4) is 0 Å². The average Bonchev–Trinajstić information content (AvgIpc) is 3.26. The van der Waals surface area contributed by atoms with Crippen LogP contribution >= 0.6 is 11.3 Å². The van der Waals surface area contributed by atoms with Gasteiger partial charge in [0.25, 0.3) is 6.47 Å². The first-order chi connectivity index (χ1) is 16.5. The van der Waals surface area contributed by atoms with Crippen LogP contribution in [0.2, 0.25) is 0 Å². The van der Waals surface area contributed by atoms with Crippen molar-refractivity contribution in [2.45, 2.75) is 66.7 Å². The Kier molecular flexibility index (Phi) is 16.1. The van der Waals surface area contributed by atoms with Crippen LogP contribution in [0.25, 0.3) is 0 Å². The number of hydrogen-bond acceptors (Lipinski definition) is 8. The molecule has 2 aromatic heterocycles. The van der Waals surface area contributed by atoms with Crippen LogP contribution in [0.1, 0.15) is 79.3 Å². The molecule has 2 heterocycles. The zero-order valence-electron chi connectivity index (χ0n) is 22.2. The van der Waals surface area contributed by atoms with E-state index in [9.17, 15) is 14.7 Å². The summed E-state index contributed by atoms with van der Waals surface area (Å²) in [4.78, 5) is 36.3. The fourth-order valence-electron chi connectivity index (χ4n) is 2.86. The second-order valence-electron chi connectivity index (χ2n) is 8.46. The largest absolute Gasteiger partial charge is 0.507 e. The van der Waals surface area contributed by atoms with Gasteiger partial charge in [-0.25, -0.2) is 4.79 Å². The molecule has 2 atom stereocenters. The Morgan fingerprint density at radius 3 is 2.29 bits per heavy atom. The van der Waals surface area contributed by atoms with Gasteiger partial charge in [-0.05, 0) is 50.4 Å². The van der Waals surface area contributed by atoms with E-state index in [-0.39, 0.29) is 34.8 Å². The van der Waals surface area contributed by atoms with Crippen LogP contribution in [0, 0.1) is 18.8 Å². The summed E-state index contributed by atoms with van der Waals surface area (Å²) >= 11 is 1.89. The molecule has 0 saturated carbocycles. The van der Waals surface area contributed by atoms with Crippen molar-refractivity contribution in [2.75, 3.05) is 14.2 Å². The summed E-state index contributed by atoms with van der Waals surface area (Å²) in [6, 6.07) is 5.76. The third kappa shape index (κ3) is 11.9. The molecule has 7 nitrogen and oxygen atoms in total. The van der Waals surface area contributed by atoms with E-state index in [0.717, 1.165) is 12.8 Å². The monoisotopic (exact) mass is 507 g/mol. The Labute approximate surface area is 213 Å².